The van der Waals surface area contributed by atoms with Crippen molar-refractivity contribution in [3.63, 3.8) is 0 Å². The summed E-state index contributed by atoms with van der Waals surface area (Å²) < 4.78 is 29.4. The molecule has 30 heavy (non-hydrogen) atoms. The van der Waals surface area contributed by atoms with Gasteiger partial charge in [0.1, 0.15) is 0 Å². The van der Waals surface area contributed by atoms with Gasteiger partial charge in [0.05, 0.1) is 10.3 Å². The van der Waals surface area contributed by atoms with Crippen molar-refractivity contribution in [3.8, 4) is 0 Å². The van der Waals surface area contributed by atoms with Gasteiger partial charge in [-0.15, -0.1) is 0 Å². The van der Waals surface area contributed by atoms with Gasteiger partial charge in [-0.3, -0.25) is 4.79 Å². The Kier molecular flexibility index (Phi) is 4.99. The molecule has 7 heteroatoms. The predicted octanol–water partition coefficient (Wildman–Crippen LogP) is 2.30. The highest BCUT2D eigenvalue weighted by Gasteiger charge is 2.60. The van der Waals surface area contributed by atoms with Crippen LogP contribution in [0, 0.1) is 11.3 Å². The molecule has 3 aliphatic heterocycles. The minimum absolute atomic E-state index is 0.218. The van der Waals surface area contributed by atoms with Gasteiger partial charge in [0, 0.05) is 44.1 Å². The van der Waals surface area contributed by atoms with E-state index >= 15 is 0 Å². The molecule has 1 spiro atoms. The number of benzene rings is 1. The molecule has 5 rings (SSSR count). The summed E-state index contributed by atoms with van der Waals surface area (Å²) in [6.07, 6.45) is 7.10. The van der Waals surface area contributed by atoms with E-state index in [1.165, 1.54) is 11.8 Å². The molecule has 1 aliphatic carbocycles. The van der Waals surface area contributed by atoms with Gasteiger partial charge in [0.15, 0.2) is 9.84 Å². The number of rotatable bonds is 3. The number of fused-ring (bicyclic) bond motifs is 2. The van der Waals surface area contributed by atoms with Gasteiger partial charge < -0.3 is 15.0 Å². The van der Waals surface area contributed by atoms with E-state index in [4.69, 9.17) is 4.74 Å². The molecule has 4 aliphatic rings. The maximum Gasteiger partial charge on any atom is 0.229 e. The van der Waals surface area contributed by atoms with Crippen LogP contribution >= 0.6 is 0 Å². The molecule has 3 heterocycles. The molecule has 164 valence electrons. The number of nitrogens with one attached hydrogen (secondary N) is 1. The van der Waals surface area contributed by atoms with Crippen LogP contribution in [0.3, 0.4) is 0 Å². The Hall–Kier alpha value is -1.44. The molecule has 1 N–H and O–H groups in total. The van der Waals surface area contributed by atoms with Crippen molar-refractivity contribution in [2.24, 2.45) is 11.3 Å². The van der Waals surface area contributed by atoms with Crippen LogP contribution in [-0.2, 0) is 32.3 Å². The topological polar surface area (TPSA) is 75.7 Å². The van der Waals surface area contributed by atoms with E-state index < -0.39 is 9.84 Å². The van der Waals surface area contributed by atoms with Crippen LogP contribution in [0.15, 0.2) is 23.1 Å². The predicted molar refractivity (Wildman–Crippen MR) is 114 cm³/mol. The molecule has 3 fully saturated rings. The van der Waals surface area contributed by atoms with E-state index in [2.05, 4.69) is 17.1 Å². The summed E-state index contributed by atoms with van der Waals surface area (Å²) in [6.45, 7) is 4.45. The quantitative estimate of drug-likeness (QED) is 0.793. The Morgan fingerprint density at radius 1 is 1.13 bits per heavy atom. The van der Waals surface area contributed by atoms with E-state index in [9.17, 15) is 13.2 Å². The monoisotopic (exact) mass is 432 g/mol. The number of ether oxygens (including phenoxy) is 1. The van der Waals surface area contributed by atoms with Gasteiger partial charge in [-0.1, -0.05) is 13.0 Å². The zero-order valence-corrected chi connectivity index (χ0v) is 18.7. The normalized spacial score (nSPS) is 34.4. The van der Waals surface area contributed by atoms with Gasteiger partial charge in [-0.05, 0) is 67.7 Å². The first-order valence-electron chi connectivity index (χ1n) is 11.2. The lowest BCUT2D eigenvalue weighted by Crippen LogP contribution is -2.42. The summed E-state index contributed by atoms with van der Waals surface area (Å²) in [7, 11) is -3.25. The average molecular weight is 433 g/mol. The molecule has 0 bridgehead atoms. The average Bonchev–Trinajstić information content (AvgIpc) is 3.23. The van der Waals surface area contributed by atoms with E-state index in [0.717, 1.165) is 57.3 Å². The smallest absolute Gasteiger partial charge is 0.229 e. The third-order valence-corrected chi connectivity index (χ3v) is 9.26. The lowest BCUT2D eigenvalue weighted by molar-refractivity contribution is -0.137. The van der Waals surface area contributed by atoms with Crippen LogP contribution in [0.4, 0.5) is 0 Å². The van der Waals surface area contributed by atoms with E-state index in [-0.39, 0.29) is 17.4 Å². The highest BCUT2D eigenvalue weighted by atomic mass is 32.2. The highest BCUT2D eigenvalue weighted by Crippen LogP contribution is 2.54. The van der Waals surface area contributed by atoms with Gasteiger partial charge in [0.25, 0.3) is 0 Å². The lowest BCUT2D eigenvalue weighted by atomic mass is 9.73. The molecular formula is C23H32N2O4S. The molecule has 1 saturated carbocycles. The first-order valence-corrected chi connectivity index (χ1v) is 13.1. The van der Waals surface area contributed by atoms with Gasteiger partial charge in [-0.25, -0.2) is 8.42 Å². The minimum Gasteiger partial charge on any atom is -0.381 e. The zero-order chi connectivity index (χ0) is 21.1. The van der Waals surface area contributed by atoms with E-state index in [1.54, 1.807) is 12.1 Å². The Bertz CT molecular complexity index is 956. The van der Waals surface area contributed by atoms with Crippen molar-refractivity contribution in [3.05, 3.63) is 29.3 Å². The molecule has 0 radical (unpaired) electrons. The molecule has 6 nitrogen and oxygen atoms in total. The molecule has 2 unspecified atom stereocenters. The van der Waals surface area contributed by atoms with Crippen LogP contribution < -0.4 is 5.32 Å². The maximum absolute atomic E-state index is 13.7. The third-order valence-electron chi connectivity index (χ3n) is 8.15. The van der Waals surface area contributed by atoms with E-state index in [1.807, 2.05) is 6.07 Å². The number of carbonyl (C=O) groups excluding carboxylic acids is 1. The van der Waals surface area contributed by atoms with Gasteiger partial charge in [0.2, 0.25) is 5.91 Å². The fourth-order valence-corrected chi connectivity index (χ4v) is 7.03. The van der Waals surface area contributed by atoms with Crippen LogP contribution in [0.2, 0.25) is 0 Å². The molecule has 1 aromatic carbocycles. The van der Waals surface area contributed by atoms with Crippen molar-refractivity contribution in [1.29, 1.82) is 0 Å². The minimum atomic E-state index is -3.25. The lowest BCUT2D eigenvalue weighted by Gasteiger charge is -2.33. The standard InChI is InChI=1S/C23H32N2O4S/c1-15-21-12-16-3-4-20(30(2,27)28)11-17(16)14-25(21)22(26)23(15)8-5-19(13-23)24-18-6-9-29-10-7-18/h3-4,11,15,18-19,21,24H,5-10,12-14H2,1-2H3/t15?,19-,21?,23+/m1/s1. The summed E-state index contributed by atoms with van der Waals surface area (Å²) in [4.78, 5) is 16.1. The molecule has 2 saturated heterocycles. The van der Waals surface area contributed by atoms with Gasteiger partial charge >= 0.3 is 0 Å². The fraction of sp³-hybridized carbons (Fsp3) is 0.696. The number of hydrogen-bond acceptors (Lipinski definition) is 5. The second-order valence-corrected chi connectivity index (χ2v) is 11.9. The number of carbonyl (C=O) groups is 1. The van der Waals surface area contributed by atoms with Gasteiger partial charge in [-0.2, -0.15) is 0 Å². The number of nitrogens with zero attached hydrogens (tertiary/aromatic N) is 1. The Labute approximate surface area is 179 Å². The van der Waals surface area contributed by atoms with Crippen LogP contribution in [0.1, 0.15) is 50.2 Å². The maximum atomic E-state index is 13.7. The summed E-state index contributed by atoms with van der Waals surface area (Å²) >= 11 is 0. The van der Waals surface area contributed by atoms with Crippen molar-refractivity contribution >= 4 is 15.7 Å². The SMILES string of the molecule is CC1C2Cc3ccc(S(C)(=O)=O)cc3CN2C(=O)[C@]12CC[C@@H](NC1CCOCC1)C2. The number of amides is 1. The first-order chi connectivity index (χ1) is 14.3. The largest absolute Gasteiger partial charge is 0.381 e. The fourth-order valence-electron chi connectivity index (χ4n) is 6.36. The Balaban J connectivity index is 1.35. The second-order valence-electron chi connectivity index (χ2n) is 9.85. The zero-order valence-electron chi connectivity index (χ0n) is 17.9. The summed E-state index contributed by atoms with van der Waals surface area (Å²) in [5, 5.41) is 3.82. The summed E-state index contributed by atoms with van der Waals surface area (Å²) in [5.41, 5.74) is 1.91. The molecule has 4 atom stereocenters. The number of hydrogen-bond donors (Lipinski definition) is 1. The second kappa shape index (κ2) is 7.31. The van der Waals surface area contributed by atoms with Crippen LogP contribution in [0.5, 0.6) is 0 Å². The molecule has 1 amide bonds. The van der Waals surface area contributed by atoms with Crippen LogP contribution in [-0.4, -0.2) is 56.8 Å². The van der Waals surface area contributed by atoms with Crippen LogP contribution in [0.25, 0.3) is 0 Å². The van der Waals surface area contributed by atoms with E-state index in [0.29, 0.717) is 29.4 Å². The molecular weight excluding hydrogens is 400 g/mol. The highest BCUT2D eigenvalue weighted by molar-refractivity contribution is 7.90. The Morgan fingerprint density at radius 2 is 1.90 bits per heavy atom. The van der Waals surface area contributed by atoms with Crippen molar-refractivity contribution in [2.75, 3.05) is 19.5 Å². The first kappa shape index (κ1) is 20.5. The summed E-state index contributed by atoms with van der Waals surface area (Å²) in [5.74, 6) is 0.598. The summed E-state index contributed by atoms with van der Waals surface area (Å²) in [6, 6.07) is 6.57. The van der Waals surface area contributed by atoms with Crippen molar-refractivity contribution in [1.82, 2.24) is 10.2 Å². The van der Waals surface area contributed by atoms with Crippen molar-refractivity contribution in [2.45, 2.75) is 75.0 Å². The Morgan fingerprint density at radius 3 is 2.63 bits per heavy atom. The third kappa shape index (κ3) is 3.30. The van der Waals surface area contributed by atoms with Crippen molar-refractivity contribution < 1.29 is 17.9 Å². The number of sulfone groups is 1. The molecule has 1 aromatic rings. The molecule has 0 aromatic heterocycles.